The first kappa shape index (κ1) is 18.3. The Morgan fingerprint density at radius 3 is 2.62 bits per heavy atom. The number of aliphatic imine (C=N–C) groups is 1. The molecule has 0 bridgehead atoms. The predicted octanol–water partition coefficient (Wildman–Crippen LogP) is 2.95. The lowest BCUT2D eigenvalue weighted by Gasteiger charge is -2.34. The lowest BCUT2D eigenvalue weighted by molar-refractivity contribution is 0.129. The molecule has 1 saturated heterocycles. The van der Waals surface area contributed by atoms with Gasteiger partial charge in [0.2, 0.25) is 0 Å². The average molecular weight is 356 g/mol. The van der Waals surface area contributed by atoms with Crippen LogP contribution in [0.15, 0.2) is 39.8 Å². The first-order chi connectivity index (χ1) is 12.7. The molecule has 1 N–H and O–H groups in total. The predicted molar refractivity (Wildman–Crippen MR) is 103 cm³/mol. The minimum atomic E-state index is 0.272. The molecule has 2 aromatic rings. The van der Waals surface area contributed by atoms with Gasteiger partial charge >= 0.3 is 0 Å². The molecule has 1 aromatic carbocycles. The Morgan fingerprint density at radius 2 is 2.00 bits per heavy atom. The van der Waals surface area contributed by atoms with Crippen LogP contribution in [0, 0.1) is 13.8 Å². The number of piperidine rings is 1. The van der Waals surface area contributed by atoms with E-state index in [0.29, 0.717) is 0 Å². The van der Waals surface area contributed by atoms with Gasteiger partial charge in [-0.3, -0.25) is 4.99 Å². The van der Waals surface area contributed by atoms with Gasteiger partial charge in [0.15, 0.2) is 5.96 Å². The third-order valence-electron chi connectivity index (χ3n) is 4.84. The van der Waals surface area contributed by atoms with Crippen molar-refractivity contribution < 1.29 is 9.26 Å². The van der Waals surface area contributed by atoms with Gasteiger partial charge in [0.05, 0.1) is 5.69 Å². The molecule has 1 aromatic heterocycles. The van der Waals surface area contributed by atoms with E-state index in [9.17, 15) is 0 Å². The van der Waals surface area contributed by atoms with Gasteiger partial charge in [0.25, 0.3) is 0 Å². The summed E-state index contributed by atoms with van der Waals surface area (Å²) in [5.41, 5.74) is 2.15. The van der Waals surface area contributed by atoms with Gasteiger partial charge in [-0.05, 0) is 32.4 Å². The van der Waals surface area contributed by atoms with Gasteiger partial charge in [-0.1, -0.05) is 23.4 Å². The van der Waals surface area contributed by atoms with E-state index in [1.807, 2.05) is 51.2 Å². The van der Waals surface area contributed by atoms with Crippen LogP contribution in [0.25, 0.3) is 0 Å². The molecule has 0 amide bonds. The fraction of sp³-hybridized carbons (Fsp3) is 0.500. The standard InChI is InChI=1S/C20H28N4O2/c1-15-19(16(2)26-23-15)9-12-22-20(21-3)24-13-10-18(11-14-24)25-17-7-5-4-6-8-17/h4-8,18H,9-14H2,1-3H3,(H,21,22). The van der Waals surface area contributed by atoms with Crippen LogP contribution in [0.2, 0.25) is 0 Å². The maximum atomic E-state index is 6.07. The molecule has 1 aliphatic heterocycles. The maximum absolute atomic E-state index is 6.07. The van der Waals surface area contributed by atoms with Crippen molar-refractivity contribution >= 4 is 5.96 Å². The van der Waals surface area contributed by atoms with E-state index in [-0.39, 0.29) is 6.10 Å². The van der Waals surface area contributed by atoms with E-state index in [0.717, 1.165) is 62.1 Å². The molecule has 140 valence electrons. The molecule has 0 aliphatic carbocycles. The number of guanidine groups is 1. The van der Waals surface area contributed by atoms with E-state index >= 15 is 0 Å². The van der Waals surface area contributed by atoms with Crippen molar-refractivity contribution in [1.82, 2.24) is 15.4 Å². The van der Waals surface area contributed by atoms with E-state index < -0.39 is 0 Å². The number of aryl methyl sites for hydroxylation is 2. The molecule has 0 saturated carbocycles. The number of aromatic nitrogens is 1. The molecule has 1 fully saturated rings. The van der Waals surface area contributed by atoms with E-state index in [4.69, 9.17) is 9.26 Å². The third kappa shape index (κ3) is 4.56. The molecule has 6 heteroatoms. The fourth-order valence-electron chi connectivity index (χ4n) is 3.37. The summed E-state index contributed by atoms with van der Waals surface area (Å²) in [6, 6.07) is 10.1. The zero-order valence-electron chi connectivity index (χ0n) is 15.9. The topological polar surface area (TPSA) is 62.9 Å². The second-order valence-corrected chi connectivity index (χ2v) is 6.64. The zero-order valence-corrected chi connectivity index (χ0v) is 15.9. The summed E-state index contributed by atoms with van der Waals surface area (Å²) < 4.78 is 11.3. The highest BCUT2D eigenvalue weighted by atomic mass is 16.5. The normalized spacial score (nSPS) is 16.0. The second-order valence-electron chi connectivity index (χ2n) is 6.64. The van der Waals surface area contributed by atoms with Crippen molar-refractivity contribution in [3.8, 4) is 5.75 Å². The van der Waals surface area contributed by atoms with Crippen molar-refractivity contribution in [2.45, 2.75) is 39.2 Å². The number of rotatable bonds is 5. The number of hydrogen-bond acceptors (Lipinski definition) is 4. The summed E-state index contributed by atoms with van der Waals surface area (Å²) in [5, 5.41) is 7.47. The van der Waals surface area contributed by atoms with Crippen molar-refractivity contribution in [2.75, 3.05) is 26.7 Å². The van der Waals surface area contributed by atoms with Gasteiger partial charge in [0, 0.05) is 45.1 Å². The summed E-state index contributed by atoms with van der Waals surface area (Å²) in [7, 11) is 1.84. The van der Waals surface area contributed by atoms with Gasteiger partial charge in [-0.15, -0.1) is 0 Å². The molecule has 0 radical (unpaired) electrons. The molecule has 6 nitrogen and oxygen atoms in total. The smallest absolute Gasteiger partial charge is 0.193 e. The Labute approximate surface area is 155 Å². The highest BCUT2D eigenvalue weighted by Crippen LogP contribution is 2.18. The quantitative estimate of drug-likeness (QED) is 0.659. The Hall–Kier alpha value is -2.50. The number of hydrogen-bond donors (Lipinski definition) is 1. The van der Waals surface area contributed by atoms with Crippen LogP contribution in [-0.4, -0.2) is 48.8 Å². The van der Waals surface area contributed by atoms with Crippen LogP contribution < -0.4 is 10.1 Å². The van der Waals surface area contributed by atoms with Crippen molar-refractivity contribution in [3.63, 3.8) is 0 Å². The summed E-state index contributed by atoms with van der Waals surface area (Å²) in [6.07, 6.45) is 3.15. The molecule has 0 atom stereocenters. The Kier molecular flexibility index (Phi) is 6.15. The zero-order chi connectivity index (χ0) is 18.4. The number of para-hydroxylation sites is 1. The van der Waals surface area contributed by atoms with E-state index in [1.54, 1.807) is 0 Å². The van der Waals surface area contributed by atoms with Crippen LogP contribution in [0.4, 0.5) is 0 Å². The molecular weight excluding hydrogens is 328 g/mol. The van der Waals surface area contributed by atoms with Crippen molar-refractivity contribution in [1.29, 1.82) is 0 Å². The van der Waals surface area contributed by atoms with E-state index in [2.05, 4.69) is 20.4 Å². The maximum Gasteiger partial charge on any atom is 0.193 e. The lowest BCUT2D eigenvalue weighted by Crippen LogP contribution is -2.47. The number of nitrogens with one attached hydrogen (secondary N) is 1. The summed E-state index contributed by atoms with van der Waals surface area (Å²) in [6.45, 7) is 6.65. The van der Waals surface area contributed by atoms with Gasteiger partial charge in [0.1, 0.15) is 17.6 Å². The van der Waals surface area contributed by atoms with Gasteiger partial charge < -0.3 is 19.5 Å². The van der Waals surface area contributed by atoms with Crippen molar-refractivity contribution in [2.24, 2.45) is 4.99 Å². The number of benzene rings is 1. The number of ether oxygens (including phenoxy) is 1. The van der Waals surface area contributed by atoms with Crippen LogP contribution >= 0.6 is 0 Å². The number of nitrogens with zero attached hydrogens (tertiary/aromatic N) is 3. The minimum absolute atomic E-state index is 0.272. The number of likely N-dealkylation sites (tertiary alicyclic amines) is 1. The molecule has 1 aliphatic rings. The first-order valence-electron chi connectivity index (χ1n) is 9.26. The highest BCUT2D eigenvalue weighted by molar-refractivity contribution is 5.80. The van der Waals surface area contributed by atoms with Crippen LogP contribution in [0.3, 0.4) is 0 Å². The van der Waals surface area contributed by atoms with Crippen molar-refractivity contribution in [3.05, 3.63) is 47.3 Å². The lowest BCUT2D eigenvalue weighted by atomic mass is 10.1. The largest absolute Gasteiger partial charge is 0.490 e. The molecule has 0 unspecified atom stereocenters. The molecular formula is C20H28N4O2. The Morgan fingerprint density at radius 1 is 1.27 bits per heavy atom. The average Bonchev–Trinajstić information content (AvgIpc) is 2.99. The van der Waals surface area contributed by atoms with E-state index in [1.165, 1.54) is 5.56 Å². The summed E-state index contributed by atoms with van der Waals surface area (Å²) >= 11 is 0. The van der Waals surface area contributed by atoms with Gasteiger partial charge in [-0.2, -0.15) is 0 Å². The minimum Gasteiger partial charge on any atom is -0.490 e. The molecule has 26 heavy (non-hydrogen) atoms. The Balaban J connectivity index is 1.45. The third-order valence-corrected chi connectivity index (χ3v) is 4.84. The summed E-state index contributed by atoms with van der Waals surface area (Å²) in [4.78, 5) is 6.74. The van der Waals surface area contributed by atoms with Gasteiger partial charge in [-0.25, -0.2) is 0 Å². The summed E-state index contributed by atoms with van der Waals surface area (Å²) in [5.74, 6) is 2.81. The molecule has 0 spiro atoms. The van der Waals surface area contributed by atoms with Crippen LogP contribution in [0.1, 0.15) is 29.9 Å². The SMILES string of the molecule is CN=C(NCCc1c(C)noc1C)N1CCC(Oc2ccccc2)CC1. The second kappa shape index (κ2) is 8.74. The highest BCUT2D eigenvalue weighted by Gasteiger charge is 2.22. The Bertz CT molecular complexity index is 699. The fourth-order valence-corrected chi connectivity index (χ4v) is 3.37. The molecule has 3 rings (SSSR count). The van der Waals surface area contributed by atoms with Crippen LogP contribution in [-0.2, 0) is 6.42 Å². The molecule has 2 heterocycles. The monoisotopic (exact) mass is 356 g/mol. The van der Waals surface area contributed by atoms with Crippen LogP contribution in [0.5, 0.6) is 5.75 Å². The first-order valence-corrected chi connectivity index (χ1v) is 9.26.